The molecule has 0 radical (unpaired) electrons. The van der Waals surface area contributed by atoms with E-state index in [1.165, 1.54) is 26.0 Å². The second-order valence-electron chi connectivity index (χ2n) is 10.7. The van der Waals surface area contributed by atoms with Crippen molar-refractivity contribution >= 4 is 92.0 Å². The molecule has 3 aromatic rings. The van der Waals surface area contributed by atoms with Crippen LogP contribution in [0.2, 0.25) is 0 Å². The monoisotopic (exact) mass is 883 g/mol. The highest BCUT2D eigenvalue weighted by molar-refractivity contribution is 7.91. The van der Waals surface area contributed by atoms with Crippen LogP contribution in [-0.2, 0) is 51.2 Å². The summed E-state index contributed by atoms with van der Waals surface area (Å²) in [7, 11) is -19.7. The number of nitrogens with one attached hydrogen (secondary N) is 2. The van der Waals surface area contributed by atoms with Crippen molar-refractivity contribution in [3.63, 3.8) is 0 Å². The number of guanidine groups is 1. The van der Waals surface area contributed by atoms with Crippen LogP contribution in [0.4, 0.5) is 22.7 Å². The number of hydrogen-bond acceptors (Lipinski definition) is 16. The molecular weight excluding hydrogens is 854 g/mol. The van der Waals surface area contributed by atoms with E-state index < -0.39 is 120 Å². The third-order valence-corrected chi connectivity index (χ3v) is 10.9. The number of carbonyl (C=O) groups is 1. The first kappa shape index (κ1) is 45.1. The van der Waals surface area contributed by atoms with Crippen LogP contribution >= 0.6 is 11.6 Å². The normalized spacial score (nSPS) is 13.2. The van der Waals surface area contributed by atoms with Gasteiger partial charge in [0.2, 0.25) is 11.8 Å². The fraction of sp³-hybridized carbons (Fsp3) is 0.185. The Bertz CT molecular complexity index is 2690. The van der Waals surface area contributed by atoms with Crippen molar-refractivity contribution in [3.05, 3.63) is 70.3 Å². The van der Waals surface area contributed by atoms with Gasteiger partial charge in [-0.05, 0) is 61.8 Å². The number of halogens is 1. The third-order valence-electron chi connectivity index (χ3n) is 6.88. The highest BCUT2D eigenvalue weighted by Crippen LogP contribution is 2.37. The van der Waals surface area contributed by atoms with Gasteiger partial charge in [0.25, 0.3) is 31.7 Å². The number of azo groups is 1. The van der Waals surface area contributed by atoms with Crippen LogP contribution in [0, 0.1) is 6.92 Å². The van der Waals surface area contributed by atoms with Crippen LogP contribution < -0.4 is 27.7 Å². The molecule has 10 N–H and O–H groups in total. The Morgan fingerprint density at radius 2 is 1.52 bits per heavy atom. The van der Waals surface area contributed by atoms with Crippen molar-refractivity contribution in [2.45, 2.75) is 35.1 Å². The maximum atomic E-state index is 12.7. The smallest absolute Gasteiger partial charge is 0.397 e. The number of benzene rings is 2. The highest BCUT2D eigenvalue weighted by atomic mass is 35.5. The quantitative estimate of drug-likeness (QED) is 0.0351. The van der Waals surface area contributed by atoms with Gasteiger partial charge in [-0.3, -0.25) is 27.8 Å². The molecule has 0 saturated heterocycles. The van der Waals surface area contributed by atoms with Crippen molar-refractivity contribution in [3.8, 4) is 5.88 Å². The molecule has 24 nitrogen and oxygen atoms in total. The average molecular weight is 884 g/mol. The molecule has 0 aliphatic carbocycles. The summed E-state index contributed by atoms with van der Waals surface area (Å²) in [4.78, 5) is 29.7. The van der Waals surface area contributed by atoms with Gasteiger partial charge in [-0.2, -0.15) is 35.2 Å². The molecule has 0 saturated carbocycles. The van der Waals surface area contributed by atoms with Gasteiger partial charge in [-0.1, -0.05) is 6.58 Å². The van der Waals surface area contributed by atoms with E-state index in [0.717, 1.165) is 12.1 Å². The van der Waals surface area contributed by atoms with Gasteiger partial charge < -0.3 is 27.2 Å². The summed E-state index contributed by atoms with van der Waals surface area (Å²) in [6.07, 6.45) is 0. The van der Waals surface area contributed by atoms with Crippen LogP contribution in [0.5, 0.6) is 5.88 Å². The Morgan fingerprint density at radius 1 is 0.929 bits per heavy atom. The standard InChI is InChI=1S/C27H30ClN9O15S4/c1-4-37-24(39)21(23(29)38)13(2)22(25(37)40)36-35-18-11-17(19(54(43,44)45)12-20(18)55(46,47)48)31-14(3)32-27(34-26(28)30)33-15-5-7-16(8-6-15)53(41,42)10-9-52-56(49,50)51/h5-8,11-12,31,40H,3-4,9-10H2,1-2H3,(H2,29,38)(H,43,44,45)(H,46,47,48)(H,49,50,51)(H3,30,32,33,34)/b36-35+. The van der Waals surface area contributed by atoms with Crippen molar-refractivity contribution in [2.24, 2.45) is 31.7 Å². The topological polar surface area (TPSA) is 391 Å². The second kappa shape index (κ2) is 17.2. The van der Waals surface area contributed by atoms with E-state index in [-0.39, 0.29) is 28.8 Å². The lowest BCUT2D eigenvalue weighted by atomic mass is 10.1. The van der Waals surface area contributed by atoms with Crippen LogP contribution in [0.3, 0.4) is 0 Å². The SMILES string of the molecule is C=C(/N=C(\N=C(/N)Cl)Nc1ccc(S(=O)(=O)CCOS(=O)(=O)O)cc1)Nc1cc(/N=N/c2c(C)c(C(N)=O)c(=O)n(CC)c2O)c(S(=O)(=O)O)cc1S(=O)(=O)O. The molecule has 0 unspecified atom stereocenters. The molecule has 0 atom stereocenters. The number of nitrogens with two attached hydrogens (primary N) is 2. The number of aliphatic imine (C=N–C) groups is 2. The maximum Gasteiger partial charge on any atom is 0.397 e. The zero-order chi connectivity index (χ0) is 42.6. The average Bonchev–Trinajstić information content (AvgIpc) is 3.02. The summed E-state index contributed by atoms with van der Waals surface area (Å²) in [6, 6.07) is 5.49. The molecule has 0 bridgehead atoms. The molecule has 0 aliphatic heterocycles. The van der Waals surface area contributed by atoms with Gasteiger partial charge in [-0.15, -0.1) is 10.2 Å². The minimum absolute atomic E-state index is 0.0811. The van der Waals surface area contributed by atoms with E-state index in [4.69, 9.17) is 27.6 Å². The lowest BCUT2D eigenvalue weighted by Crippen LogP contribution is -2.30. The Labute approximate surface area is 322 Å². The van der Waals surface area contributed by atoms with Crippen LogP contribution in [0.25, 0.3) is 0 Å². The van der Waals surface area contributed by atoms with E-state index in [1.807, 2.05) is 0 Å². The zero-order valence-corrected chi connectivity index (χ0v) is 32.5. The molecule has 56 heavy (non-hydrogen) atoms. The molecule has 304 valence electrons. The third kappa shape index (κ3) is 11.6. The fourth-order valence-corrected chi connectivity index (χ4v) is 7.42. The van der Waals surface area contributed by atoms with Gasteiger partial charge >= 0.3 is 10.4 Å². The second-order valence-corrected chi connectivity index (χ2v) is 17.1. The van der Waals surface area contributed by atoms with Crippen molar-refractivity contribution < 1.29 is 61.4 Å². The van der Waals surface area contributed by atoms with E-state index in [0.29, 0.717) is 10.6 Å². The molecule has 2 aromatic carbocycles. The molecular formula is C27H30ClN9O15S4. The van der Waals surface area contributed by atoms with Gasteiger partial charge in [0.15, 0.2) is 15.1 Å². The van der Waals surface area contributed by atoms with Crippen LogP contribution in [0.15, 0.2) is 88.5 Å². The number of aromatic hydroxyl groups is 1. The Hall–Kier alpha value is -5.33. The van der Waals surface area contributed by atoms with Gasteiger partial charge in [0.05, 0.1) is 22.9 Å². The predicted molar refractivity (Wildman–Crippen MR) is 199 cm³/mol. The summed E-state index contributed by atoms with van der Waals surface area (Å²) in [5, 5.41) is 22.5. The first-order chi connectivity index (χ1) is 25.7. The Balaban J connectivity index is 2.10. The first-order valence-corrected chi connectivity index (χ1v) is 21.0. The minimum Gasteiger partial charge on any atom is -0.493 e. The number of hydrogen-bond donors (Lipinski definition) is 8. The molecule has 1 heterocycles. The summed E-state index contributed by atoms with van der Waals surface area (Å²) in [5.74, 6) is -3.87. The Morgan fingerprint density at radius 3 is 2.02 bits per heavy atom. The van der Waals surface area contributed by atoms with Crippen LogP contribution in [0.1, 0.15) is 22.8 Å². The van der Waals surface area contributed by atoms with Gasteiger partial charge in [0.1, 0.15) is 32.6 Å². The van der Waals surface area contributed by atoms with Crippen molar-refractivity contribution in [1.82, 2.24) is 4.57 Å². The number of anilines is 2. The zero-order valence-electron chi connectivity index (χ0n) is 28.5. The molecule has 0 aliphatic rings. The lowest BCUT2D eigenvalue weighted by Gasteiger charge is -2.14. The minimum atomic E-state index is -5.35. The summed E-state index contributed by atoms with van der Waals surface area (Å²) < 4.78 is 129. The summed E-state index contributed by atoms with van der Waals surface area (Å²) in [5.41, 5.74) is 6.93. The number of primary amides is 1. The Kier molecular flexibility index (Phi) is 13.9. The number of amides is 1. The molecule has 1 amide bonds. The fourth-order valence-electron chi connectivity index (χ4n) is 4.49. The van der Waals surface area contributed by atoms with E-state index in [1.54, 1.807) is 0 Å². The van der Waals surface area contributed by atoms with E-state index >= 15 is 0 Å². The molecule has 29 heteroatoms. The summed E-state index contributed by atoms with van der Waals surface area (Å²) in [6.45, 7) is 5.10. The molecule has 3 rings (SSSR count). The van der Waals surface area contributed by atoms with E-state index in [9.17, 15) is 57.5 Å². The largest absolute Gasteiger partial charge is 0.493 e. The van der Waals surface area contributed by atoms with Gasteiger partial charge in [0, 0.05) is 17.8 Å². The first-order valence-electron chi connectivity index (χ1n) is 14.7. The number of aromatic nitrogens is 1. The molecule has 0 spiro atoms. The number of sulfone groups is 1. The summed E-state index contributed by atoms with van der Waals surface area (Å²) >= 11 is 5.70. The number of carbonyl (C=O) groups excluding carboxylic acids is 1. The number of pyridine rings is 1. The van der Waals surface area contributed by atoms with Crippen LogP contribution in [-0.4, -0.2) is 86.5 Å². The molecule has 0 fully saturated rings. The lowest BCUT2D eigenvalue weighted by molar-refractivity contribution is 0.0997. The van der Waals surface area contributed by atoms with Crippen molar-refractivity contribution in [1.29, 1.82) is 0 Å². The highest BCUT2D eigenvalue weighted by Gasteiger charge is 2.27. The van der Waals surface area contributed by atoms with E-state index in [2.05, 4.69) is 41.6 Å². The number of rotatable bonds is 15. The molecule has 1 aromatic heterocycles. The maximum absolute atomic E-state index is 12.7. The number of nitrogens with zero attached hydrogens (tertiary/aromatic N) is 5. The predicted octanol–water partition coefficient (Wildman–Crippen LogP) is 1.39. The van der Waals surface area contributed by atoms with Crippen molar-refractivity contribution in [2.75, 3.05) is 23.0 Å². The number of amidine groups is 1. The van der Waals surface area contributed by atoms with Gasteiger partial charge in [-0.25, -0.2) is 12.6 Å².